The first-order valence-corrected chi connectivity index (χ1v) is 6.84. The molecular weight excluding hydrogens is 251 g/mol. The second kappa shape index (κ2) is 5.66. The second-order valence-corrected chi connectivity index (χ2v) is 6.13. The zero-order valence-corrected chi connectivity index (χ0v) is 12.5. The van der Waals surface area contributed by atoms with Crippen LogP contribution in [0.5, 0.6) is 5.75 Å². The highest BCUT2D eigenvalue weighted by Crippen LogP contribution is 2.24. The Hall–Kier alpha value is -1.83. The van der Waals surface area contributed by atoms with Crippen molar-refractivity contribution in [2.75, 3.05) is 0 Å². The maximum absolute atomic E-state index is 13.2. The molecule has 0 bridgehead atoms. The molecule has 2 rings (SSSR count). The van der Waals surface area contributed by atoms with E-state index in [4.69, 9.17) is 4.74 Å². The first-order chi connectivity index (χ1) is 9.36. The molecule has 0 aromatic heterocycles. The van der Waals surface area contributed by atoms with Crippen LogP contribution in [0.15, 0.2) is 42.5 Å². The lowest BCUT2D eigenvalue weighted by Crippen LogP contribution is -2.10. The summed E-state index contributed by atoms with van der Waals surface area (Å²) in [7, 11) is 0. The second-order valence-electron chi connectivity index (χ2n) is 6.13. The Morgan fingerprint density at radius 1 is 1.00 bits per heavy atom. The van der Waals surface area contributed by atoms with Gasteiger partial charge in [0, 0.05) is 0 Å². The summed E-state index contributed by atoms with van der Waals surface area (Å²) < 4.78 is 18.9. The van der Waals surface area contributed by atoms with Gasteiger partial charge in [0.1, 0.15) is 18.2 Å². The van der Waals surface area contributed by atoms with E-state index in [2.05, 4.69) is 32.9 Å². The molecule has 0 saturated heterocycles. The van der Waals surface area contributed by atoms with Crippen molar-refractivity contribution in [3.05, 3.63) is 65.0 Å². The summed E-state index contributed by atoms with van der Waals surface area (Å²) in [5.41, 5.74) is 3.33. The molecule has 0 amide bonds. The molecule has 2 aromatic carbocycles. The predicted octanol–water partition coefficient (Wildman–Crippen LogP) is 5.01. The average Bonchev–Trinajstić information content (AvgIpc) is 2.39. The van der Waals surface area contributed by atoms with E-state index in [1.807, 2.05) is 19.1 Å². The van der Waals surface area contributed by atoms with Crippen LogP contribution in [0.25, 0.3) is 0 Å². The van der Waals surface area contributed by atoms with Gasteiger partial charge in [-0.15, -0.1) is 0 Å². The van der Waals surface area contributed by atoms with Crippen LogP contribution < -0.4 is 4.74 Å². The maximum Gasteiger partial charge on any atom is 0.123 e. The van der Waals surface area contributed by atoms with E-state index in [9.17, 15) is 4.39 Å². The summed E-state index contributed by atoms with van der Waals surface area (Å²) in [5.74, 6) is 0.582. The summed E-state index contributed by atoms with van der Waals surface area (Å²) in [6.07, 6.45) is 0. The van der Waals surface area contributed by atoms with Gasteiger partial charge in [-0.3, -0.25) is 0 Å². The quantitative estimate of drug-likeness (QED) is 0.763. The topological polar surface area (TPSA) is 9.23 Å². The van der Waals surface area contributed by atoms with Gasteiger partial charge in [0.15, 0.2) is 0 Å². The zero-order chi connectivity index (χ0) is 14.8. The van der Waals surface area contributed by atoms with Gasteiger partial charge in [-0.25, -0.2) is 4.39 Å². The number of halogens is 1. The van der Waals surface area contributed by atoms with Gasteiger partial charge in [-0.2, -0.15) is 0 Å². The first kappa shape index (κ1) is 14.6. The van der Waals surface area contributed by atoms with Crippen molar-refractivity contribution in [1.29, 1.82) is 0 Å². The standard InChI is InChI=1S/C18H21FO/c1-13-5-8-16(19)11-14(13)12-20-17-9-6-15(7-10-17)18(2,3)4/h5-11H,12H2,1-4H3. The van der Waals surface area contributed by atoms with Crippen LogP contribution in [0.4, 0.5) is 4.39 Å². The molecule has 106 valence electrons. The van der Waals surface area contributed by atoms with E-state index < -0.39 is 0 Å². The fraction of sp³-hybridized carbons (Fsp3) is 0.333. The molecule has 2 heteroatoms. The van der Waals surface area contributed by atoms with Crippen molar-refractivity contribution in [2.24, 2.45) is 0 Å². The molecule has 20 heavy (non-hydrogen) atoms. The molecule has 0 atom stereocenters. The molecule has 0 aliphatic heterocycles. The highest BCUT2D eigenvalue weighted by molar-refractivity contribution is 5.32. The first-order valence-electron chi connectivity index (χ1n) is 6.84. The van der Waals surface area contributed by atoms with Crippen molar-refractivity contribution in [3.8, 4) is 5.75 Å². The summed E-state index contributed by atoms with van der Waals surface area (Å²) in [6.45, 7) is 8.89. The van der Waals surface area contributed by atoms with E-state index in [0.717, 1.165) is 16.9 Å². The number of aryl methyl sites for hydroxylation is 1. The van der Waals surface area contributed by atoms with E-state index in [1.165, 1.54) is 17.7 Å². The van der Waals surface area contributed by atoms with Crippen LogP contribution in [-0.2, 0) is 12.0 Å². The average molecular weight is 272 g/mol. The van der Waals surface area contributed by atoms with Gasteiger partial charge in [0.2, 0.25) is 0 Å². The van der Waals surface area contributed by atoms with Crippen molar-refractivity contribution in [1.82, 2.24) is 0 Å². The summed E-state index contributed by atoms with van der Waals surface area (Å²) in [6, 6.07) is 12.9. The van der Waals surface area contributed by atoms with Crippen molar-refractivity contribution < 1.29 is 9.13 Å². The van der Waals surface area contributed by atoms with Gasteiger partial charge in [-0.05, 0) is 53.3 Å². The molecule has 0 radical (unpaired) electrons. The zero-order valence-electron chi connectivity index (χ0n) is 12.5. The largest absolute Gasteiger partial charge is 0.489 e. The predicted molar refractivity (Wildman–Crippen MR) is 80.6 cm³/mol. The highest BCUT2D eigenvalue weighted by atomic mass is 19.1. The number of benzene rings is 2. The minimum absolute atomic E-state index is 0.137. The number of hydrogen-bond acceptors (Lipinski definition) is 1. The Morgan fingerprint density at radius 2 is 1.65 bits per heavy atom. The molecule has 0 saturated carbocycles. The van der Waals surface area contributed by atoms with Crippen LogP contribution in [0.3, 0.4) is 0 Å². The lowest BCUT2D eigenvalue weighted by molar-refractivity contribution is 0.304. The molecule has 0 spiro atoms. The minimum atomic E-state index is -0.225. The van der Waals surface area contributed by atoms with Gasteiger partial charge in [-0.1, -0.05) is 39.0 Å². The van der Waals surface area contributed by atoms with Crippen molar-refractivity contribution in [3.63, 3.8) is 0 Å². The third-order valence-corrected chi connectivity index (χ3v) is 3.43. The van der Waals surface area contributed by atoms with E-state index in [-0.39, 0.29) is 11.2 Å². The molecular formula is C18H21FO. The molecule has 0 aliphatic carbocycles. The normalized spacial score (nSPS) is 11.4. The van der Waals surface area contributed by atoms with Gasteiger partial charge in [0.05, 0.1) is 0 Å². The smallest absolute Gasteiger partial charge is 0.123 e. The van der Waals surface area contributed by atoms with Crippen molar-refractivity contribution >= 4 is 0 Å². The molecule has 0 aliphatic rings. The SMILES string of the molecule is Cc1ccc(F)cc1COc1ccc(C(C)(C)C)cc1. The molecule has 1 nitrogen and oxygen atoms in total. The molecule has 0 heterocycles. The van der Waals surface area contributed by atoms with Crippen LogP contribution in [-0.4, -0.2) is 0 Å². The Labute approximate surface area is 120 Å². The Kier molecular flexibility index (Phi) is 4.12. The monoisotopic (exact) mass is 272 g/mol. The summed E-state index contributed by atoms with van der Waals surface area (Å²) >= 11 is 0. The fourth-order valence-corrected chi connectivity index (χ4v) is 2.01. The third kappa shape index (κ3) is 3.60. The van der Waals surface area contributed by atoms with E-state index in [0.29, 0.717) is 6.61 Å². The fourth-order valence-electron chi connectivity index (χ4n) is 2.01. The Morgan fingerprint density at radius 3 is 2.25 bits per heavy atom. The molecule has 0 N–H and O–H groups in total. The van der Waals surface area contributed by atoms with Crippen LogP contribution >= 0.6 is 0 Å². The minimum Gasteiger partial charge on any atom is -0.489 e. The lowest BCUT2D eigenvalue weighted by Gasteiger charge is -2.19. The highest BCUT2D eigenvalue weighted by Gasteiger charge is 2.13. The summed E-state index contributed by atoms with van der Waals surface area (Å²) in [5, 5.41) is 0. The molecule has 0 unspecified atom stereocenters. The number of rotatable bonds is 3. The molecule has 0 fully saturated rings. The maximum atomic E-state index is 13.2. The van der Waals surface area contributed by atoms with Gasteiger partial charge >= 0.3 is 0 Å². The Balaban J connectivity index is 2.06. The van der Waals surface area contributed by atoms with Crippen LogP contribution in [0.2, 0.25) is 0 Å². The molecule has 2 aromatic rings. The van der Waals surface area contributed by atoms with E-state index in [1.54, 1.807) is 6.07 Å². The van der Waals surface area contributed by atoms with Crippen molar-refractivity contribution in [2.45, 2.75) is 39.7 Å². The van der Waals surface area contributed by atoms with Gasteiger partial charge in [0.25, 0.3) is 0 Å². The Bertz CT molecular complexity index is 579. The summed E-state index contributed by atoms with van der Waals surface area (Å²) in [4.78, 5) is 0. The van der Waals surface area contributed by atoms with Crippen LogP contribution in [0.1, 0.15) is 37.5 Å². The van der Waals surface area contributed by atoms with Gasteiger partial charge < -0.3 is 4.74 Å². The van der Waals surface area contributed by atoms with E-state index >= 15 is 0 Å². The number of ether oxygens (including phenoxy) is 1. The number of hydrogen-bond donors (Lipinski definition) is 0. The van der Waals surface area contributed by atoms with Crippen LogP contribution in [0, 0.1) is 12.7 Å². The third-order valence-electron chi connectivity index (χ3n) is 3.43. The lowest BCUT2D eigenvalue weighted by atomic mass is 9.87.